The summed E-state index contributed by atoms with van der Waals surface area (Å²) < 4.78 is 7.39. The Hall–Kier alpha value is -3.29. The van der Waals surface area contributed by atoms with Crippen molar-refractivity contribution >= 4 is 28.8 Å². The second-order valence-corrected chi connectivity index (χ2v) is 8.27. The molecule has 0 saturated carbocycles. The summed E-state index contributed by atoms with van der Waals surface area (Å²) in [6.07, 6.45) is 4.77. The van der Waals surface area contributed by atoms with Crippen LogP contribution in [0.3, 0.4) is 0 Å². The van der Waals surface area contributed by atoms with Gasteiger partial charge >= 0.3 is 5.97 Å². The highest BCUT2D eigenvalue weighted by molar-refractivity contribution is 5.94. The fraction of sp³-hybridized carbons (Fsp3) is 0.435. The third-order valence-corrected chi connectivity index (χ3v) is 6.16. The number of hydrogen-bond acceptors (Lipinski definition) is 6. The van der Waals surface area contributed by atoms with Crippen LogP contribution in [-0.2, 0) is 11.8 Å². The fourth-order valence-corrected chi connectivity index (χ4v) is 4.54. The molecule has 2 aromatic heterocycles. The highest BCUT2D eigenvalue weighted by Crippen LogP contribution is 2.35. The molecule has 2 fully saturated rings. The number of nitrogens with zero attached hydrogens (tertiary/aromatic N) is 5. The number of hydrogen-bond donors (Lipinski definition) is 1. The van der Waals surface area contributed by atoms with E-state index in [9.17, 15) is 4.79 Å². The van der Waals surface area contributed by atoms with Crippen LogP contribution in [0.1, 0.15) is 25.7 Å². The predicted octanol–water partition coefficient (Wildman–Crippen LogP) is 3.30. The van der Waals surface area contributed by atoms with E-state index in [1.807, 2.05) is 19.2 Å². The highest BCUT2D eigenvalue weighted by Gasteiger charge is 2.24. The third kappa shape index (κ3) is 3.78. The topological polar surface area (TPSA) is 83.7 Å². The van der Waals surface area contributed by atoms with Gasteiger partial charge < -0.3 is 24.2 Å². The predicted molar refractivity (Wildman–Crippen MR) is 120 cm³/mol. The minimum atomic E-state index is -0.986. The first-order valence-corrected chi connectivity index (χ1v) is 10.9. The molecule has 4 heterocycles. The van der Waals surface area contributed by atoms with Gasteiger partial charge in [-0.1, -0.05) is 0 Å². The standard InChI is InChI=1S/C23H27N5O3/c1-26-19(16-6-8-17(9-7-16)31-15-20(29)30)14-18-21(26)24-23(28-12-4-5-13-28)25-22(18)27-10-2-3-11-27/h6-9,14H,2-5,10-13,15H2,1H3,(H,29,30). The summed E-state index contributed by atoms with van der Waals surface area (Å²) in [6, 6.07) is 9.69. The summed E-state index contributed by atoms with van der Waals surface area (Å²) in [6.45, 7) is 3.75. The van der Waals surface area contributed by atoms with Crippen LogP contribution < -0.4 is 14.5 Å². The number of rotatable bonds is 6. The molecule has 31 heavy (non-hydrogen) atoms. The Balaban J connectivity index is 1.56. The zero-order valence-corrected chi connectivity index (χ0v) is 17.8. The molecule has 0 aliphatic carbocycles. The van der Waals surface area contributed by atoms with Crippen molar-refractivity contribution in [3.63, 3.8) is 0 Å². The number of carbonyl (C=O) groups is 1. The van der Waals surface area contributed by atoms with Gasteiger partial charge in [0.05, 0.1) is 11.1 Å². The van der Waals surface area contributed by atoms with Crippen LogP contribution in [0, 0.1) is 0 Å². The quantitative estimate of drug-likeness (QED) is 0.654. The lowest BCUT2D eigenvalue weighted by atomic mass is 10.1. The summed E-state index contributed by atoms with van der Waals surface area (Å²) in [5, 5.41) is 9.87. The van der Waals surface area contributed by atoms with E-state index in [1.165, 1.54) is 25.7 Å². The first-order valence-electron chi connectivity index (χ1n) is 10.9. The van der Waals surface area contributed by atoms with E-state index in [1.54, 1.807) is 12.1 Å². The number of carboxylic acids is 1. The average molecular weight is 422 g/mol. The molecule has 0 spiro atoms. The van der Waals surface area contributed by atoms with E-state index in [4.69, 9.17) is 19.8 Å². The monoisotopic (exact) mass is 421 g/mol. The van der Waals surface area contributed by atoms with E-state index < -0.39 is 5.97 Å². The van der Waals surface area contributed by atoms with Crippen molar-refractivity contribution in [3.8, 4) is 17.0 Å². The molecule has 0 amide bonds. The molecule has 2 saturated heterocycles. The van der Waals surface area contributed by atoms with Gasteiger partial charge in [0.25, 0.3) is 0 Å². The molecule has 1 N–H and O–H groups in total. The van der Waals surface area contributed by atoms with Crippen LogP contribution in [-0.4, -0.2) is 58.4 Å². The lowest BCUT2D eigenvalue weighted by molar-refractivity contribution is -0.139. The van der Waals surface area contributed by atoms with Crippen LogP contribution in [0.4, 0.5) is 11.8 Å². The average Bonchev–Trinajstić information content (AvgIpc) is 3.54. The maximum atomic E-state index is 10.7. The van der Waals surface area contributed by atoms with E-state index in [2.05, 4.69) is 20.4 Å². The lowest BCUT2D eigenvalue weighted by Gasteiger charge is -2.21. The Labute approximate surface area is 181 Å². The van der Waals surface area contributed by atoms with Gasteiger partial charge in [0, 0.05) is 33.2 Å². The Morgan fingerprint density at radius 3 is 2.29 bits per heavy atom. The number of aryl methyl sites for hydroxylation is 1. The van der Waals surface area contributed by atoms with Gasteiger partial charge in [0.15, 0.2) is 6.61 Å². The largest absolute Gasteiger partial charge is 0.482 e. The highest BCUT2D eigenvalue weighted by atomic mass is 16.5. The lowest BCUT2D eigenvalue weighted by Crippen LogP contribution is -2.24. The van der Waals surface area contributed by atoms with E-state index in [0.717, 1.165) is 60.2 Å². The van der Waals surface area contributed by atoms with Crippen molar-refractivity contribution in [2.45, 2.75) is 25.7 Å². The molecule has 5 rings (SSSR count). The van der Waals surface area contributed by atoms with Gasteiger partial charge in [-0.3, -0.25) is 0 Å². The Morgan fingerprint density at radius 2 is 1.65 bits per heavy atom. The van der Waals surface area contributed by atoms with E-state index in [-0.39, 0.29) is 6.61 Å². The smallest absolute Gasteiger partial charge is 0.341 e. The van der Waals surface area contributed by atoms with Gasteiger partial charge in [-0.25, -0.2) is 4.79 Å². The molecular weight excluding hydrogens is 394 g/mol. The molecule has 2 aliphatic rings. The number of carboxylic acid groups (broad SMARTS) is 1. The number of benzene rings is 1. The minimum Gasteiger partial charge on any atom is -0.482 e. The van der Waals surface area contributed by atoms with Crippen LogP contribution in [0.5, 0.6) is 5.75 Å². The van der Waals surface area contributed by atoms with Gasteiger partial charge in [-0.05, 0) is 61.6 Å². The van der Waals surface area contributed by atoms with Crippen LogP contribution in [0.15, 0.2) is 30.3 Å². The number of aromatic nitrogens is 3. The Kier molecular flexibility index (Phi) is 5.13. The second-order valence-electron chi connectivity index (χ2n) is 8.27. The van der Waals surface area contributed by atoms with Crippen molar-refractivity contribution in [2.75, 3.05) is 42.6 Å². The zero-order chi connectivity index (χ0) is 21.4. The molecule has 3 aromatic rings. The molecule has 8 nitrogen and oxygen atoms in total. The van der Waals surface area contributed by atoms with Gasteiger partial charge in [-0.2, -0.15) is 9.97 Å². The third-order valence-electron chi connectivity index (χ3n) is 6.16. The summed E-state index contributed by atoms with van der Waals surface area (Å²) in [7, 11) is 2.04. The van der Waals surface area contributed by atoms with Crippen LogP contribution >= 0.6 is 0 Å². The van der Waals surface area contributed by atoms with Crippen molar-refractivity contribution < 1.29 is 14.6 Å². The maximum Gasteiger partial charge on any atom is 0.341 e. The van der Waals surface area contributed by atoms with E-state index in [0.29, 0.717) is 5.75 Å². The van der Waals surface area contributed by atoms with Crippen LogP contribution in [0.25, 0.3) is 22.3 Å². The summed E-state index contributed by atoms with van der Waals surface area (Å²) in [4.78, 5) is 25.4. The first kappa shape index (κ1) is 19.7. The minimum absolute atomic E-state index is 0.346. The molecule has 8 heteroatoms. The second kappa shape index (κ2) is 8.09. The van der Waals surface area contributed by atoms with Gasteiger partial charge in [0.1, 0.15) is 17.2 Å². The summed E-state index contributed by atoms with van der Waals surface area (Å²) >= 11 is 0. The summed E-state index contributed by atoms with van der Waals surface area (Å²) in [5.41, 5.74) is 3.02. The fourth-order valence-electron chi connectivity index (χ4n) is 4.54. The van der Waals surface area contributed by atoms with Gasteiger partial charge in [0.2, 0.25) is 5.95 Å². The molecule has 2 aliphatic heterocycles. The van der Waals surface area contributed by atoms with Crippen molar-refractivity contribution in [2.24, 2.45) is 7.05 Å². The molecule has 0 unspecified atom stereocenters. The number of ether oxygens (including phenoxy) is 1. The molecule has 0 bridgehead atoms. The van der Waals surface area contributed by atoms with Crippen molar-refractivity contribution in [3.05, 3.63) is 30.3 Å². The Bertz CT molecular complexity index is 1100. The molecule has 0 radical (unpaired) electrons. The summed E-state index contributed by atoms with van der Waals surface area (Å²) in [5.74, 6) is 1.42. The normalized spacial score (nSPS) is 16.4. The number of aliphatic carboxylic acids is 1. The van der Waals surface area contributed by atoms with Crippen LogP contribution in [0.2, 0.25) is 0 Å². The van der Waals surface area contributed by atoms with E-state index >= 15 is 0 Å². The Morgan fingerprint density at radius 1 is 1.00 bits per heavy atom. The molecular formula is C23H27N5O3. The van der Waals surface area contributed by atoms with Crippen molar-refractivity contribution in [1.29, 1.82) is 0 Å². The SMILES string of the molecule is Cn1c(-c2ccc(OCC(=O)O)cc2)cc2c(N3CCCC3)nc(N3CCCC3)nc21. The first-order chi connectivity index (χ1) is 15.1. The van der Waals surface area contributed by atoms with Crippen molar-refractivity contribution in [1.82, 2.24) is 14.5 Å². The van der Waals surface area contributed by atoms with Gasteiger partial charge in [-0.15, -0.1) is 0 Å². The number of fused-ring (bicyclic) bond motifs is 1. The number of anilines is 2. The molecule has 1 aromatic carbocycles. The zero-order valence-electron chi connectivity index (χ0n) is 17.8. The maximum absolute atomic E-state index is 10.7. The molecule has 162 valence electrons. The molecule has 0 atom stereocenters.